The minimum atomic E-state index is -0.715. The summed E-state index contributed by atoms with van der Waals surface area (Å²) in [6, 6.07) is 9.41. The van der Waals surface area contributed by atoms with Gasteiger partial charge in [0.1, 0.15) is 6.54 Å². The van der Waals surface area contributed by atoms with Gasteiger partial charge in [-0.3, -0.25) is 19.3 Å². The number of carbonyl (C=O) groups is 4. The number of rotatable bonds is 6. The number of imide groups is 1. The first-order valence-corrected chi connectivity index (χ1v) is 12.2. The van der Waals surface area contributed by atoms with Crippen LogP contribution in [0.5, 0.6) is 11.5 Å². The van der Waals surface area contributed by atoms with E-state index in [2.05, 4.69) is 0 Å². The second-order valence-electron chi connectivity index (χ2n) is 7.76. The summed E-state index contributed by atoms with van der Waals surface area (Å²) in [4.78, 5) is 52.9. The highest BCUT2D eigenvalue weighted by Crippen LogP contribution is 2.39. The number of ether oxygens (including phenoxy) is 2. The molecule has 2 aliphatic rings. The molecule has 182 valence electrons. The second kappa shape index (κ2) is 10.7. The summed E-state index contributed by atoms with van der Waals surface area (Å²) in [6.07, 6.45) is 3.30. The van der Waals surface area contributed by atoms with Crippen molar-refractivity contribution in [3.63, 3.8) is 0 Å². The van der Waals surface area contributed by atoms with E-state index in [4.69, 9.17) is 32.7 Å². The number of halogens is 2. The van der Waals surface area contributed by atoms with Crippen LogP contribution in [0.25, 0.3) is 6.08 Å². The van der Waals surface area contributed by atoms with Crippen LogP contribution in [0.15, 0.2) is 41.3 Å². The van der Waals surface area contributed by atoms with Gasteiger partial charge in [-0.1, -0.05) is 35.3 Å². The topological polar surface area (TPSA) is 93.2 Å². The number of esters is 1. The van der Waals surface area contributed by atoms with Gasteiger partial charge in [-0.25, -0.2) is 4.79 Å². The Hall–Kier alpha value is -3.01. The molecule has 0 radical (unpaired) electrons. The maximum absolute atomic E-state index is 12.8. The minimum Gasteiger partial charge on any atom is -0.493 e. The van der Waals surface area contributed by atoms with Crippen LogP contribution in [0.4, 0.5) is 4.79 Å². The first-order valence-electron chi connectivity index (χ1n) is 10.7. The smallest absolute Gasteiger partial charge is 0.345 e. The van der Waals surface area contributed by atoms with Crippen molar-refractivity contribution in [2.24, 2.45) is 0 Å². The van der Waals surface area contributed by atoms with Gasteiger partial charge in [0.15, 0.2) is 11.5 Å². The number of hydrogen-bond donors (Lipinski definition) is 0. The molecule has 11 heteroatoms. The maximum atomic E-state index is 12.8. The van der Waals surface area contributed by atoms with E-state index in [0.717, 1.165) is 29.5 Å². The van der Waals surface area contributed by atoms with Gasteiger partial charge in [-0.05, 0) is 60.5 Å². The Morgan fingerprint density at radius 1 is 1.09 bits per heavy atom. The van der Waals surface area contributed by atoms with Crippen molar-refractivity contribution in [1.82, 2.24) is 9.80 Å². The molecule has 3 amide bonds. The summed E-state index contributed by atoms with van der Waals surface area (Å²) in [6.45, 7) is 0.982. The summed E-state index contributed by atoms with van der Waals surface area (Å²) < 4.78 is 10.8. The van der Waals surface area contributed by atoms with Gasteiger partial charge >= 0.3 is 5.97 Å². The van der Waals surface area contributed by atoms with Gasteiger partial charge in [0, 0.05) is 13.1 Å². The van der Waals surface area contributed by atoms with E-state index in [1.54, 1.807) is 23.1 Å². The Kier molecular flexibility index (Phi) is 7.69. The van der Waals surface area contributed by atoms with E-state index < -0.39 is 17.1 Å². The Bertz CT molecular complexity index is 1240. The predicted octanol–water partition coefficient (Wildman–Crippen LogP) is 4.88. The van der Waals surface area contributed by atoms with Gasteiger partial charge in [0.25, 0.3) is 11.1 Å². The van der Waals surface area contributed by atoms with Crippen molar-refractivity contribution >= 4 is 64.1 Å². The minimum absolute atomic E-state index is 0.0134. The van der Waals surface area contributed by atoms with Crippen molar-refractivity contribution in [2.45, 2.75) is 12.8 Å². The lowest BCUT2D eigenvalue weighted by molar-refractivity contribution is -0.135. The highest BCUT2D eigenvalue weighted by molar-refractivity contribution is 8.18. The number of thioether (sulfide) groups is 1. The fourth-order valence-corrected chi connectivity index (χ4v) is 4.99. The molecule has 0 spiro atoms. The largest absolute Gasteiger partial charge is 0.493 e. The molecule has 2 aliphatic heterocycles. The van der Waals surface area contributed by atoms with Crippen LogP contribution in [-0.4, -0.2) is 59.6 Å². The molecule has 35 heavy (non-hydrogen) atoms. The SMILES string of the molecule is COc1cc(/C=C2\SC(=O)N(CC(=O)N3CCCC3)C2=O)cc(Cl)c1OC(=O)c1ccccc1Cl. The molecule has 0 saturated carbocycles. The van der Waals surface area contributed by atoms with Gasteiger partial charge < -0.3 is 14.4 Å². The number of hydrogen-bond acceptors (Lipinski definition) is 7. The van der Waals surface area contributed by atoms with E-state index in [9.17, 15) is 19.2 Å². The van der Waals surface area contributed by atoms with E-state index in [1.165, 1.54) is 31.4 Å². The standard InChI is InChI=1S/C24H20Cl2N2O6S/c1-33-18-11-14(10-17(26)21(18)34-23(31)15-6-2-3-7-16(15)25)12-19-22(30)28(24(32)35-19)13-20(29)27-8-4-5-9-27/h2-3,6-7,10-12H,4-5,8-9,13H2,1H3/b19-12-. The molecule has 8 nitrogen and oxygen atoms in total. The average molecular weight is 535 g/mol. The Morgan fingerprint density at radius 2 is 1.80 bits per heavy atom. The molecular formula is C24H20Cl2N2O6S. The van der Waals surface area contributed by atoms with Crippen LogP contribution in [-0.2, 0) is 9.59 Å². The first-order chi connectivity index (χ1) is 16.8. The molecule has 2 saturated heterocycles. The Morgan fingerprint density at radius 3 is 2.49 bits per heavy atom. The normalized spacial score (nSPS) is 16.8. The molecule has 2 fully saturated rings. The summed E-state index contributed by atoms with van der Waals surface area (Å²) in [7, 11) is 1.38. The third kappa shape index (κ3) is 5.47. The summed E-state index contributed by atoms with van der Waals surface area (Å²) in [5.41, 5.74) is 0.606. The van der Waals surface area contributed by atoms with Crippen LogP contribution in [0.2, 0.25) is 10.0 Å². The Labute approximate surface area is 215 Å². The molecule has 0 unspecified atom stereocenters. The van der Waals surface area contributed by atoms with Gasteiger partial charge in [0.05, 0.1) is 27.6 Å². The Balaban J connectivity index is 1.54. The molecule has 0 atom stereocenters. The fraction of sp³-hybridized carbons (Fsp3) is 0.250. The highest BCUT2D eigenvalue weighted by atomic mass is 35.5. The van der Waals surface area contributed by atoms with Crippen LogP contribution >= 0.6 is 35.0 Å². The number of likely N-dealkylation sites (tertiary alicyclic amines) is 1. The second-order valence-corrected chi connectivity index (χ2v) is 9.57. The van der Waals surface area contributed by atoms with Gasteiger partial charge in [-0.15, -0.1) is 0 Å². The number of nitrogens with zero attached hydrogens (tertiary/aromatic N) is 2. The average Bonchev–Trinajstić information content (AvgIpc) is 3.46. The monoisotopic (exact) mass is 534 g/mol. The molecule has 0 aromatic heterocycles. The quantitative estimate of drug-likeness (QED) is 0.296. The first kappa shape index (κ1) is 25.1. The van der Waals surface area contributed by atoms with E-state index in [1.807, 2.05) is 0 Å². The maximum Gasteiger partial charge on any atom is 0.345 e. The van der Waals surface area contributed by atoms with Crippen molar-refractivity contribution < 1.29 is 28.7 Å². The van der Waals surface area contributed by atoms with Crippen molar-refractivity contribution in [1.29, 1.82) is 0 Å². The molecular weight excluding hydrogens is 515 g/mol. The summed E-state index contributed by atoms with van der Waals surface area (Å²) >= 11 is 13.2. The van der Waals surface area contributed by atoms with Gasteiger partial charge in [-0.2, -0.15) is 0 Å². The zero-order valence-electron chi connectivity index (χ0n) is 18.6. The van der Waals surface area contributed by atoms with Crippen LogP contribution in [0.3, 0.4) is 0 Å². The van der Waals surface area contributed by atoms with Crippen molar-refractivity contribution in [3.8, 4) is 11.5 Å². The molecule has 2 aromatic rings. The lowest BCUT2D eigenvalue weighted by Crippen LogP contribution is -2.40. The van der Waals surface area contributed by atoms with Crippen molar-refractivity contribution in [3.05, 3.63) is 62.5 Å². The van der Waals surface area contributed by atoms with Crippen LogP contribution in [0, 0.1) is 0 Å². The highest BCUT2D eigenvalue weighted by Gasteiger charge is 2.37. The molecule has 0 bridgehead atoms. The van der Waals surface area contributed by atoms with Gasteiger partial charge in [0.2, 0.25) is 5.91 Å². The zero-order chi connectivity index (χ0) is 25.1. The van der Waals surface area contributed by atoms with Crippen LogP contribution < -0.4 is 9.47 Å². The number of benzene rings is 2. The van der Waals surface area contributed by atoms with E-state index in [0.29, 0.717) is 18.7 Å². The summed E-state index contributed by atoms with van der Waals surface area (Å²) in [5, 5.41) is -0.236. The molecule has 2 heterocycles. The predicted molar refractivity (Wildman–Crippen MR) is 133 cm³/mol. The number of methoxy groups -OCH3 is 1. The number of carbonyl (C=O) groups excluding carboxylic acids is 4. The van der Waals surface area contributed by atoms with Crippen molar-refractivity contribution in [2.75, 3.05) is 26.7 Å². The summed E-state index contributed by atoms with van der Waals surface area (Å²) in [5.74, 6) is -1.39. The third-order valence-electron chi connectivity index (χ3n) is 5.46. The van der Waals surface area contributed by atoms with Crippen LogP contribution in [0.1, 0.15) is 28.8 Å². The van der Waals surface area contributed by atoms with E-state index >= 15 is 0 Å². The fourth-order valence-electron chi connectivity index (χ4n) is 3.69. The number of amides is 3. The van der Waals surface area contributed by atoms with E-state index in [-0.39, 0.29) is 44.5 Å². The molecule has 0 N–H and O–H groups in total. The molecule has 0 aliphatic carbocycles. The lowest BCUT2D eigenvalue weighted by atomic mass is 10.1. The molecule has 2 aromatic carbocycles. The zero-order valence-corrected chi connectivity index (χ0v) is 20.9. The third-order valence-corrected chi connectivity index (χ3v) is 6.98. The lowest BCUT2D eigenvalue weighted by Gasteiger charge is -2.18. The molecule has 4 rings (SSSR count).